The van der Waals surface area contributed by atoms with Gasteiger partial charge in [0.1, 0.15) is 0 Å². The molecule has 0 saturated heterocycles. The van der Waals surface area contributed by atoms with Crippen molar-refractivity contribution in [2.45, 2.75) is 13.5 Å². The summed E-state index contributed by atoms with van der Waals surface area (Å²) in [6.07, 6.45) is 0. The van der Waals surface area contributed by atoms with Gasteiger partial charge in [0.25, 0.3) is 0 Å². The second kappa shape index (κ2) is 3.09. The maximum absolute atomic E-state index is 10.3. The molecule has 0 atom stereocenters. The minimum absolute atomic E-state index is 0.0865. The molecule has 6 nitrogen and oxygen atoms in total. The molecular formula is C5H8N4O2. The maximum atomic E-state index is 10.3. The highest BCUT2D eigenvalue weighted by atomic mass is 16.5. The first-order valence-corrected chi connectivity index (χ1v) is 3.04. The van der Waals surface area contributed by atoms with Crippen LogP contribution in [0.3, 0.4) is 0 Å². The Kier molecular flexibility index (Phi) is 2.15. The fourth-order valence-corrected chi connectivity index (χ4v) is 0.547. The normalized spacial score (nSPS) is 9.64. The van der Waals surface area contributed by atoms with Gasteiger partial charge < -0.3 is 4.74 Å². The van der Waals surface area contributed by atoms with Crippen LogP contribution in [-0.4, -0.2) is 26.2 Å². The Labute approximate surface area is 63.1 Å². The van der Waals surface area contributed by atoms with Crippen LogP contribution in [0, 0.1) is 0 Å². The van der Waals surface area contributed by atoms with Crippen molar-refractivity contribution in [3.63, 3.8) is 0 Å². The number of nitrogens with zero attached hydrogens (tertiary/aromatic N) is 4. The lowest BCUT2D eigenvalue weighted by molar-refractivity contribution is -0.142. The molecule has 0 fully saturated rings. The molecule has 1 heterocycles. The van der Waals surface area contributed by atoms with Crippen molar-refractivity contribution in [3.8, 4) is 0 Å². The Bertz CT molecular complexity index is 257. The zero-order valence-corrected chi connectivity index (χ0v) is 6.31. The van der Waals surface area contributed by atoms with Crippen molar-refractivity contribution < 1.29 is 9.53 Å². The fraction of sp³-hybridized carbons (Fsp3) is 0.600. The second-order valence-corrected chi connectivity index (χ2v) is 1.98. The smallest absolute Gasteiger partial charge is 0.303 e. The van der Waals surface area contributed by atoms with E-state index in [2.05, 4.69) is 20.1 Å². The SMILES string of the molecule is CC(=O)OCc1nnn(C)n1. The van der Waals surface area contributed by atoms with E-state index in [0.29, 0.717) is 5.82 Å². The Morgan fingerprint density at radius 3 is 2.91 bits per heavy atom. The number of hydrogen-bond acceptors (Lipinski definition) is 5. The molecule has 1 rings (SSSR count). The van der Waals surface area contributed by atoms with Gasteiger partial charge in [0.15, 0.2) is 6.61 Å². The van der Waals surface area contributed by atoms with Gasteiger partial charge in [-0.3, -0.25) is 4.79 Å². The van der Waals surface area contributed by atoms with Crippen LogP contribution in [-0.2, 0) is 23.2 Å². The van der Waals surface area contributed by atoms with Crippen molar-refractivity contribution in [1.29, 1.82) is 0 Å². The summed E-state index contributed by atoms with van der Waals surface area (Å²) in [6.45, 7) is 1.42. The van der Waals surface area contributed by atoms with E-state index in [0.717, 1.165) is 0 Å². The number of carbonyl (C=O) groups excluding carboxylic acids is 1. The van der Waals surface area contributed by atoms with Gasteiger partial charge in [0, 0.05) is 6.92 Å². The summed E-state index contributed by atoms with van der Waals surface area (Å²) in [5, 5.41) is 11.0. The molecule has 0 N–H and O–H groups in total. The van der Waals surface area contributed by atoms with Crippen molar-refractivity contribution in [2.24, 2.45) is 7.05 Å². The van der Waals surface area contributed by atoms with Crippen LogP contribution in [0.2, 0.25) is 0 Å². The van der Waals surface area contributed by atoms with Crippen molar-refractivity contribution in [1.82, 2.24) is 20.2 Å². The van der Waals surface area contributed by atoms with E-state index < -0.39 is 0 Å². The lowest BCUT2D eigenvalue weighted by Gasteiger charge is -1.93. The highest BCUT2D eigenvalue weighted by Crippen LogP contribution is 1.88. The average molecular weight is 156 g/mol. The van der Waals surface area contributed by atoms with Gasteiger partial charge in [0.05, 0.1) is 7.05 Å². The summed E-state index contributed by atoms with van der Waals surface area (Å²) >= 11 is 0. The van der Waals surface area contributed by atoms with Gasteiger partial charge in [-0.1, -0.05) is 0 Å². The highest BCUT2D eigenvalue weighted by molar-refractivity contribution is 5.65. The summed E-state index contributed by atoms with van der Waals surface area (Å²) in [5.74, 6) is 0.0557. The van der Waals surface area contributed by atoms with Gasteiger partial charge in [-0.05, 0) is 5.21 Å². The monoisotopic (exact) mass is 156 g/mol. The summed E-state index contributed by atoms with van der Waals surface area (Å²) in [4.78, 5) is 11.6. The molecular weight excluding hydrogens is 148 g/mol. The topological polar surface area (TPSA) is 69.9 Å². The number of aromatic nitrogens is 4. The van der Waals surface area contributed by atoms with E-state index in [9.17, 15) is 4.79 Å². The molecule has 0 bridgehead atoms. The molecule has 0 saturated carbocycles. The molecule has 0 radical (unpaired) electrons. The Morgan fingerprint density at radius 1 is 1.73 bits per heavy atom. The molecule has 0 aromatic carbocycles. The fourth-order valence-electron chi connectivity index (χ4n) is 0.547. The van der Waals surface area contributed by atoms with Crippen LogP contribution in [0.5, 0.6) is 0 Å². The van der Waals surface area contributed by atoms with Gasteiger partial charge >= 0.3 is 5.97 Å². The standard InChI is InChI=1S/C5H8N4O2/c1-4(10)11-3-5-6-8-9(2)7-5/h3H2,1-2H3. The Hall–Kier alpha value is -1.46. The third-order valence-electron chi connectivity index (χ3n) is 0.954. The molecule has 6 heteroatoms. The van der Waals surface area contributed by atoms with Crippen molar-refractivity contribution in [3.05, 3.63) is 5.82 Å². The molecule has 0 aliphatic carbocycles. The minimum atomic E-state index is -0.350. The first kappa shape index (κ1) is 7.64. The van der Waals surface area contributed by atoms with Crippen LogP contribution in [0.1, 0.15) is 12.7 Å². The Balaban J connectivity index is 2.45. The van der Waals surface area contributed by atoms with Crippen LogP contribution in [0.25, 0.3) is 0 Å². The molecule has 11 heavy (non-hydrogen) atoms. The maximum Gasteiger partial charge on any atom is 0.303 e. The van der Waals surface area contributed by atoms with Gasteiger partial charge in [-0.2, -0.15) is 4.80 Å². The summed E-state index contributed by atoms with van der Waals surface area (Å²) in [5.41, 5.74) is 0. The van der Waals surface area contributed by atoms with E-state index >= 15 is 0 Å². The van der Waals surface area contributed by atoms with E-state index in [1.165, 1.54) is 11.7 Å². The molecule has 0 spiro atoms. The van der Waals surface area contributed by atoms with Crippen LogP contribution >= 0.6 is 0 Å². The zero-order valence-electron chi connectivity index (χ0n) is 6.31. The number of rotatable bonds is 2. The van der Waals surface area contributed by atoms with E-state index in [1.54, 1.807) is 7.05 Å². The molecule has 0 aliphatic rings. The van der Waals surface area contributed by atoms with Crippen LogP contribution < -0.4 is 0 Å². The van der Waals surface area contributed by atoms with Crippen molar-refractivity contribution >= 4 is 5.97 Å². The number of tetrazole rings is 1. The van der Waals surface area contributed by atoms with E-state index in [-0.39, 0.29) is 12.6 Å². The number of aryl methyl sites for hydroxylation is 1. The van der Waals surface area contributed by atoms with Gasteiger partial charge in [-0.15, -0.1) is 10.2 Å². The van der Waals surface area contributed by atoms with Gasteiger partial charge in [0.2, 0.25) is 5.82 Å². The average Bonchev–Trinajstić information content (AvgIpc) is 2.31. The number of esters is 1. The number of ether oxygens (including phenoxy) is 1. The molecule has 1 aromatic heterocycles. The van der Waals surface area contributed by atoms with Gasteiger partial charge in [-0.25, -0.2) is 0 Å². The first-order valence-electron chi connectivity index (χ1n) is 3.04. The largest absolute Gasteiger partial charge is 0.457 e. The lowest BCUT2D eigenvalue weighted by Crippen LogP contribution is -2.01. The first-order chi connectivity index (χ1) is 5.18. The Morgan fingerprint density at radius 2 is 2.45 bits per heavy atom. The molecule has 0 aliphatic heterocycles. The molecule has 0 amide bonds. The number of carbonyl (C=O) groups is 1. The summed E-state index contributed by atoms with van der Waals surface area (Å²) in [6, 6.07) is 0. The van der Waals surface area contributed by atoms with Crippen molar-refractivity contribution in [2.75, 3.05) is 0 Å². The minimum Gasteiger partial charge on any atom is -0.457 e. The predicted molar refractivity (Wildman–Crippen MR) is 34.3 cm³/mol. The second-order valence-electron chi connectivity index (χ2n) is 1.98. The van der Waals surface area contributed by atoms with Crippen LogP contribution in [0.4, 0.5) is 0 Å². The molecule has 60 valence electrons. The van der Waals surface area contributed by atoms with E-state index in [1.807, 2.05) is 0 Å². The van der Waals surface area contributed by atoms with E-state index in [4.69, 9.17) is 0 Å². The number of hydrogen-bond donors (Lipinski definition) is 0. The quantitative estimate of drug-likeness (QED) is 0.528. The van der Waals surface area contributed by atoms with Crippen LogP contribution in [0.15, 0.2) is 0 Å². The summed E-state index contributed by atoms with van der Waals surface area (Å²) < 4.78 is 4.62. The summed E-state index contributed by atoms with van der Waals surface area (Å²) in [7, 11) is 1.64. The highest BCUT2D eigenvalue weighted by Gasteiger charge is 2.00. The molecule has 0 unspecified atom stereocenters. The lowest BCUT2D eigenvalue weighted by atomic mass is 10.7. The molecule has 1 aromatic rings. The zero-order chi connectivity index (χ0) is 8.27. The third kappa shape index (κ3) is 2.32. The predicted octanol–water partition coefficient (Wildman–Crippen LogP) is -0.727. The third-order valence-corrected chi connectivity index (χ3v) is 0.954.